The van der Waals surface area contributed by atoms with Crippen molar-refractivity contribution in [2.24, 2.45) is 17.8 Å². The molecule has 0 aromatic carbocycles. The van der Waals surface area contributed by atoms with Crippen LogP contribution in [0.25, 0.3) is 0 Å². The second kappa shape index (κ2) is 13.0. The molecule has 0 amide bonds. The molecule has 1 heteroatoms. The summed E-state index contributed by atoms with van der Waals surface area (Å²) in [5.74, 6) is 2.79. The Morgan fingerprint density at radius 2 is 1.47 bits per heavy atom. The average Bonchev–Trinajstić information content (AvgIpc) is 2.45. The SMILES string of the molecule is CCCCC[C@@H](CC)C(CC)C[C@@H](CC)CNCC. The normalized spacial score (nSPS) is 16.3. The molecule has 19 heavy (non-hydrogen) atoms. The molecule has 0 aliphatic heterocycles. The fraction of sp³-hybridized carbons (Fsp3) is 1.00. The predicted octanol–water partition coefficient (Wildman–Crippen LogP) is 5.64. The highest BCUT2D eigenvalue weighted by atomic mass is 14.8. The maximum atomic E-state index is 3.54. The molecule has 0 fully saturated rings. The van der Waals surface area contributed by atoms with Gasteiger partial charge in [-0.05, 0) is 37.3 Å². The maximum Gasteiger partial charge on any atom is -0.00206 e. The van der Waals surface area contributed by atoms with Crippen LogP contribution in [0.1, 0.15) is 86.0 Å². The number of rotatable bonds is 13. The predicted molar refractivity (Wildman–Crippen MR) is 88.6 cm³/mol. The Hall–Kier alpha value is -0.0400. The minimum Gasteiger partial charge on any atom is -0.317 e. The van der Waals surface area contributed by atoms with Gasteiger partial charge in [0.25, 0.3) is 0 Å². The Labute approximate surface area is 122 Å². The van der Waals surface area contributed by atoms with Crippen molar-refractivity contribution in [1.82, 2.24) is 5.32 Å². The van der Waals surface area contributed by atoms with E-state index in [-0.39, 0.29) is 0 Å². The topological polar surface area (TPSA) is 12.0 Å². The van der Waals surface area contributed by atoms with E-state index in [9.17, 15) is 0 Å². The van der Waals surface area contributed by atoms with Gasteiger partial charge in [-0.15, -0.1) is 0 Å². The van der Waals surface area contributed by atoms with E-state index in [4.69, 9.17) is 0 Å². The van der Waals surface area contributed by atoms with Crippen LogP contribution in [0.2, 0.25) is 0 Å². The van der Waals surface area contributed by atoms with Gasteiger partial charge in [0, 0.05) is 0 Å². The van der Waals surface area contributed by atoms with E-state index in [1.54, 1.807) is 0 Å². The Morgan fingerprint density at radius 3 is 1.95 bits per heavy atom. The molecule has 0 spiro atoms. The molecule has 0 aromatic heterocycles. The standard InChI is InChI=1S/C18H39N/c1-6-11-12-13-17(8-3)18(9-4)14-16(7-2)15-19-10-5/h16-19H,6-15H2,1-5H3/t16-,17-,18?/m1/s1. The molecule has 1 nitrogen and oxygen atoms in total. The fourth-order valence-corrected chi connectivity index (χ4v) is 3.29. The summed E-state index contributed by atoms with van der Waals surface area (Å²) in [5.41, 5.74) is 0. The Bertz CT molecular complexity index is 179. The van der Waals surface area contributed by atoms with Crippen molar-refractivity contribution in [3.8, 4) is 0 Å². The summed E-state index contributed by atoms with van der Waals surface area (Å²) in [7, 11) is 0. The van der Waals surface area contributed by atoms with Gasteiger partial charge in [0.1, 0.15) is 0 Å². The molecular weight excluding hydrogens is 230 g/mol. The van der Waals surface area contributed by atoms with Crippen molar-refractivity contribution >= 4 is 0 Å². The van der Waals surface area contributed by atoms with Crippen LogP contribution in [0.5, 0.6) is 0 Å². The van der Waals surface area contributed by atoms with Crippen LogP contribution in [0.4, 0.5) is 0 Å². The molecule has 0 aromatic rings. The molecule has 0 bridgehead atoms. The minimum absolute atomic E-state index is 0.880. The molecule has 0 heterocycles. The van der Waals surface area contributed by atoms with Gasteiger partial charge in [-0.1, -0.05) is 79.6 Å². The second-order valence-electron chi connectivity index (χ2n) is 6.15. The molecule has 0 radical (unpaired) electrons. The first kappa shape index (κ1) is 19.0. The van der Waals surface area contributed by atoms with E-state index in [1.807, 2.05) is 0 Å². The van der Waals surface area contributed by atoms with Gasteiger partial charge < -0.3 is 5.32 Å². The average molecular weight is 270 g/mol. The number of hydrogen-bond acceptors (Lipinski definition) is 1. The van der Waals surface area contributed by atoms with Crippen LogP contribution in [0.3, 0.4) is 0 Å². The van der Waals surface area contributed by atoms with Gasteiger partial charge in [-0.25, -0.2) is 0 Å². The van der Waals surface area contributed by atoms with Crippen LogP contribution in [0.15, 0.2) is 0 Å². The first-order valence-electron chi connectivity index (χ1n) is 8.93. The number of hydrogen-bond donors (Lipinski definition) is 1. The van der Waals surface area contributed by atoms with Crippen LogP contribution >= 0.6 is 0 Å². The summed E-state index contributed by atoms with van der Waals surface area (Å²) < 4.78 is 0. The van der Waals surface area contributed by atoms with Crippen molar-refractivity contribution in [2.75, 3.05) is 13.1 Å². The first-order valence-corrected chi connectivity index (χ1v) is 8.93. The third-order valence-electron chi connectivity index (χ3n) is 4.79. The summed E-state index contributed by atoms with van der Waals surface area (Å²) in [5, 5.41) is 3.54. The Balaban J connectivity index is 4.24. The minimum atomic E-state index is 0.880. The largest absolute Gasteiger partial charge is 0.317 e. The molecule has 0 rings (SSSR count). The van der Waals surface area contributed by atoms with Gasteiger partial charge >= 0.3 is 0 Å². The van der Waals surface area contributed by atoms with E-state index in [1.165, 1.54) is 57.9 Å². The molecule has 3 atom stereocenters. The van der Waals surface area contributed by atoms with Gasteiger partial charge in [-0.3, -0.25) is 0 Å². The van der Waals surface area contributed by atoms with Crippen LogP contribution < -0.4 is 5.32 Å². The van der Waals surface area contributed by atoms with E-state index in [2.05, 4.69) is 39.9 Å². The molecule has 116 valence electrons. The highest BCUT2D eigenvalue weighted by Gasteiger charge is 2.21. The van der Waals surface area contributed by atoms with Gasteiger partial charge in [0.15, 0.2) is 0 Å². The van der Waals surface area contributed by atoms with Crippen LogP contribution in [0, 0.1) is 17.8 Å². The quantitative estimate of drug-likeness (QED) is 0.426. The molecule has 0 aliphatic carbocycles. The molecule has 0 saturated heterocycles. The summed E-state index contributed by atoms with van der Waals surface area (Å²) in [6.07, 6.45) is 11.2. The van der Waals surface area contributed by atoms with Crippen LogP contribution in [-0.4, -0.2) is 13.1 Å². The van der Waals surface area contributed by atoms with Crippen LogP contribution in [-0.2, 0) is 0 Å². The molecule has 0 aliphatic rings. The highest BCUT2D eigenvalue weighted by Crippen LogP contribution is 2.31. The smallest absolute Gasteiger partial charge is 0.00206 e. The lowest BCUT2D eigenvalue weighted by atomic mass is 9.78. The molecule has 0 saturated carbocycles. The maximum absolute atomic E-state index is 3.54. The monoisotopic (exact) mass is 269 g/mol. The number of unbranched alkanes of at least 4 members (excludes halogenated alkanes) is 2. The molecule has 1 unspecified atom stereocenters. The van der Waals surface area contributed by atoms with Gasteiger partial charge in [-0.2, -0.15) is 0 Å². The van der Waals surface area contributed by atoms with E-state index in [0.717, 1.165) is 24.3 Å². The first-order chi connectivity index (χ1) is 9.23. The zero-order chi connectivity index (χ0) is 14.5. The third-order valence-corrected chi connectivity index (χ3v) is 4.79. The van der Waals surface area contributed by atoms with Crippen molar-refractivity contribution in [3.63, 3.8) is 0 Å². The van der Waals surface area contributed by atoms with E-state index < -0.39 is 0 Å². The molecular formula is C18H39N. The summed E-state index contributed by atoms with van der Waals surface area (Å²) >= 11 is 0. The van der Waals surface area contributed by atoms with E-state index >= 15 is 0 Å². The van der Waals surface area contributed by atoms with Crippen molar-refractivity contribution < 1.29 is 0 Å². The Kier molecular flexibility index (Phi) is 12.9. The zero-order valence-corrected chi connectivity index (χ0v) is 14.3. The summed E-state index contributed by atoms with van der Waals surface area (Å²) in [6.45, 7) is 14.0. The zero-order valence-electron chi connectivity index (χ0n) is 14.3. The molecule has 1 N–H and O–H groups in total. The lowest BCUT2D eigenvalue weighted by Crippen LogP contribution is -2.26. The third kappa shape index (κ3) is 8.68. The van der Waals surface area contributed by atoms with Gasteiger partial charge in [0.2, 0.25) is 0 Å². The summed E-state index contributed by atoms with van der Waals surface area (Å²) in [4.78, 5) is 0. The second-order valence-corrected chi connectivity index (χ2v) is 6.15. The van der Waals surface area contributed by atoms with Crippen molar-refractivity contribution in [2.45, 2.75) is 86.0 Å². The van der Waals surface area contributed by atoms with E-state index in [0.29, 0.717) is 0 Å². The highest BCUT2D eigenvalue weighted by molar-refractivity contribution is 4.73. The summed E-state index contributed by atoms with van der Waals surface area (Å²) in [6, 6.07) is 0. The lowest BCUT2D eigenvalue weighted by Gasteiger charge is -2.29. The fourth-order valence-electron chi connectivity index (χ4n) is 3.29. The van der Waals surface area contributed by atoms with Gasteiger partial charge in [0.05, 0.1) is 0 Å². The lowest BCUT2D eigenvalue weighted by molar-refractivity contribution is 0.229. The number of nitrogens with one attached hydrogen (secondary N) is 1. The Morgan fingerprint density at radius 1 is 0.789 bits per heavy atom. The van der Waals surface area contributed by atoms with Crippen molar-refractivity contribution in [3.05, 3.63) is 0 Å². The van der Waals surface area contributed by atoms with Crippen molar-refractivity contribution in [1.29, 1.82) is 0 Å².